The van der Waals surface area contributed by atoms with Gasteiger partial charge in [0.2, 0.25) is 0 Å². The Hall–Kier alpha value is -2.17. The average molecular weight is 425 g/mol. The summed E-state index contributed by atoms with van der Waals surface area (Å²) >= 11 is 9.03. The molecule has 2 N–H and O–H groups in total. The molecule has 0 aliphatic rings. The van der Waals surface area contributed by atoms with Crippen LogP contribution in [0.5, 0.6) is 0 Å². The molecule has 0 aromatic heterocycles. The summed E-state index contributed by atoms with van der Waals surface area (Å²) in [5.41, 5.74) is 5.87. The van der Waals surface area contributed by atoms with Crippen LogP contribution in [0.3, 0.4) is 0 Å². The molecular weight excluding hydrogens is 404 g/mol. The molecule has 0 aliphatic heterocycles. The predicted octanol–water partition coefficient (Wildman–Crippen LogP) is 6.14. The first kappa shape index (κ1) is 18.6. The highest BCUT2D eigenvalue weighted by Gasteiger charge is 2.17. The number of hydrogen-bond donors (Lipinski definition) is 2. The van der Waals surface area contributed by atoms with Crippen LogP contribution in [0.15, 0.2) is 77.3 Å². The second-order valence-corrected chi connectivity index (χ2v) is 7.63. The molecule has 2 nitrogen and oxygen atoms in total. The Morgan fingerprint density at radius 3 is 2.27 bits per heavy atom. The van der Waals surface area contributed by atoms with E-state index in [0.717, 1.165) is 10.2 Å². The molecule has 0 unspecified atom stereocenters. The maximum absolute atomic E-state index is 5.58. The van der Waals surface area contributed by atoms with Crippen molar-refractivity contribution in [1.29, 1.82) is 0 Å². The van der Waals surface area contributed by atoms with E-state index in [1.807, 2.05) is 30.3 Å². The van der Waals surface area contributed by atoms with Crippen LogP contribution in [0.1, 0.15) is 28.3 Å². The van der Waals surface area contributed by atoms with Crippen molar-refractivity contribution >= 4 is 38.9 Å². The fourth-order valence-corrected chi connectivity index (χ4v) is 3.47. The van der Waals surface area contributed by atoms with E-state index in [4.69, 9.17) is 12.2 Å². The molecule has 0 saturated heterocycles. The van der Waals surface area contributed by atoms with E-state index in [9.17, 15) is 0 Å². The van der Waals surface area contributed by atoms with E-state index >= 15 is 0 Å². The summed E-state index contributed by atoms with van der Waals surface area (Å²) in [6.07, 6.45) is 0. The minimum Gasteiger partial charge on any atom is -0.352 e. The number of rotatable bonds is 4. The Bertz CT molecular complexity index is 892. The number of hydrogen-bond acceptors (Lipinski definition) is 1. The maximum atomic E-state index is 5.58. The van der Waals surface area contributed by atoms with E-state index in [1.54, 1.807) is 0 Å². The van der Waals surface area contributed by atoms with Gasteiger partial charge in [-0.3, -0.25) is 0 Å². The van der Waals surface area contributed by atoms with Crippen molar-refractivity contribution < 1.29 is 0 Å². The number of halogens is 1. The molecule has 0 radical (unpaired) electrons. The Labute approximate surface area is 168 Å². The highest BCUT2D eigenvalue weighted by Crippen LogP contribution is 2.26. The van der Waals surface area contributed by atoms with E-state index in [0.29, 0.717) is 5.11 Å². The van der Waals surface area contributed by atoms with Crippen LogP contribution in [0.25, 0.3) is 0 Å². The summed E-state index contributed by atoms with van der Waals surface area (Å²) in [6.45, 7) is 4.26. The number of aryl methyl sites for hydroxylation is 2. The van der Waals surface area contributed by atoms with Crippen molar-refractivity contribution in [3.8, 4) is 0 Å². The number of benzene rings is 3. The van der Waals surface area contributed by atoms with E-state index < -0.39 is 0 Å². The summed E-state index contributed by atoms with van der Waals surface area (Å²) in [6, 6.07) is 24.9. The minimum atomic E-state index is -0.00718. The average Bonchev–Trinajstić information content (AvgIpc) is 2.63. The molecule has 0 aliphatic carbocycles. The van der Waals surface area contributed by atoms with Gasteiger partial charge in [-0.25, -0.2) is 0 Å². The summed E-state index contributed by atoms with van der Waals surface area (Å²) in [5.74, 6) is 0. The molecule has 0 heterocycles. The van der Waals surface area contributed by atoms with Crippen molar-refractivity contribution in [3.63, 3.8) is 0 Å². The number of nitrogens with one attached hydrogen (secondary N) is 2. The van der Waals surface area contributed by atoms with Gasteiger partial charge in [-0.1, -0.05) is 70.0 Å². The molecule has 3 aromatic rings. The zero-order valence-electron chi connectivity index (χ0n) is 14.8. The van der Waals surface area contributed by atoms with Gasteiger partial charge in [-0.2, -0.15) is 0 Å². The van der Waals surface area contributed by atoms with Gasteiger partial charge in [0.05, 0.1) is 6.04 Å². The molecule has 1 atom stereocenters. The summed E-state index contributed by atoms with van der Waals surface area (Å²) in [4.78, 5) is 0. The van der Waals surface area contributed by atoms with Crippen LogP contribution in [-0.4, -0.2) is 5.11 Å². The van der Waals surface area contributed by atoms with Gasteiger partial charge in [0.25, 0.3) is 0 Å². The van der Waals surface area contributed by atoms with Gasteiger partial charge in [0.15, 0.2) is 5.11 Å². The van der Waals surface area contributed by atoms with Gasteiger partial charge < -0.3 is 10.6 Å². The first-order valence-electron chi connectivity index (χ1n) is 8.48. The summed E-state index contributed by atoms with van der Waals surface area (Å²) < 4.78 is 1.04. The molecule has 0 saturated carbocycles. The zero-order chi connectivity index (χ0) is 18.5. The van der Waals surface area contributed by atoms with Crippen molar-refractivity contribution in [2.45, 2.75) is 19.9 Å². The summed E-state index contributed by atoms with van der Waals surface area (Å²) in [7, 11) is 0. The van der Waals surface area contributed by atoms with Gasteiger partial charge >= 0.3 is 0 Å². The molecule has 132 valence electrons. The molecule has 26 heavy (non-hydrogen) atoms. The van der Waals surface area contributed by atoms with Gasteiger partial charge in [0.1, 0.15) is 0 Å². The first-order valence-corrected chi connectivity index (χ1v) is 9.68. The highest BCUT2D eigenvalue weighted by molar-refractivity contribution is 9.10. The molecule has 0 bridgehead atoms. The fraction of sp³-hybridized carbons (Fsp3) is 0.136. The van der Waals surface area contributed by atoms with Crippen LogP contribution in [0.4, 0.5) is 5.69 Å². The first-order chi connectivity index (χ1) is 12.5. The Kier molecular flexibility index (Phi) is 6.07. The van der Waals surface area contributed by atoms with Crippen LogP contribution >= 0.6 is 28.1 Å². The third-order valence-electron chi connectivity index (χ3n) is 4.25. The molecule has 0 spiro atoms. The van der Waals surface area contributed by atoms with Crippen LogP contribution < -0.4 is 10.6 Å². The smallest absolute Gasteiger partial charge is 0.171 e. The number of thiocarbonyl (C=S) groups is 1. The van der Waals surface area contributed by atoms with Crippen LogP contribution in [-0.2, 0) is 0 Å². The summed E-state index contributed by atoms with van der Waals surface area (Å²) in [5, 5.41) is 7.35. The van der Waals surface area contributed by atoms with Crippen molar-refractivity contribution in [2.24, 2.45) is 0 Å². The Morgan fingerprint density at radius 2 is 1.62 bits per heavy atom. The van der Waals surface area contributed by atoms with Gasteiger partial charge in [0, 0.05) is 10.2 Å². The van der Waals surface area contributed by atoms with E-state index in [1.165, 1.54) is 22.3 Å². The van der Waals surface area contributed by atoms with Crippen molar-refractivity contribution in [1.82, 2.24) is 5.32 Å². The lowest BCUT2D eigenvalue weighted by molar-refractivity contribution is 0.762. The van der Waals surface area contributed by atoms with Gasteiger partial charge in [-0.15, -0.1) is 0 Å². The standard InChI is InChI=1S/C22H21BrN2S/c1-15-8-13-20(16(2)14-15)21(17-6-4-3-5-7-17)25-22(26)24-19-11-9-18(23)10-12-19/h3-14,21H,1-2H3,(H2,24,25,26)/t21-/m0/s1. The normalized spacial score (nSPS) is 11.7. The molecule has 0 amide bonds. The lowest BCUT2D eigenvalue weighted by Crippen LogP contribution is -2.33. The lowest BCUT2D eigenvalue weighted by Gasteiger charge is -2.24. The monoisotopic (exact) mass is 424 g/mol. The molecule has 0 fully saturated rings. The third-order valence-corrected chi connectivity index (χ3v) is 5.00. The quantitative estimate of drug-likeness (QED) is 0.491. The second-order valence-electron chi connectivity index (χ2n) is 6.31. The van der Waals surface area contributed by atoms with Crippen LogP contribution in [0, 0.1) is 13.8 Å². The fourth-order valence-electron chi connectivity index (χ4n) is 2.97. The topological polar surface area (TPSA) is 24.1 Å². The number of anilines is 1. The van der Waals surface area contributed by atoms with E-state index in [-0.39, 0.29) is 6.04 Å². The Balaban J connectivity index is 1.86. The maximum Gasteiger partial charge on any atom is 0.171 e. The third kappa shape index (κ3) is 4.71. The molecule has 3 aromatic carbocycles. The van der Waals surface area contributed by atoms with Crippen molar-refractivity contribution in [2.75, 3.05) is 5.32 Å². The van der Waals surface area contributed by atoms with Gasteiger partial charge in [-0.05, 0) is 67.0 Å². The molecule has 4 heteroatoms. The minimum absolute atomic E-state index is 0.00718. The second kappa shape index (κ2) is 8.47. The zero-order valence-corrected chi connectivity index (χ0v) is 17.2. The predicted molar refractivity (Wildman–Crippen MR) is 118 cm³/mol. The van der Waals surface area contributed by atoms with Crippen molar-refractivity contribution in [3.05, 3.63) is 99.5 Å². The SMILES string of the molecule is Cc1ccc([C@@H](NC(=S)Nc2ccc(Br)cc2)c2ccccc2)c(C)c1. The van der Waals surface area contributed by atoms with Crippen LogP contribution in [0.2, 0.25) is 0 Å². The Morgan fingerprint density at radius 1 is 0.923 bits per heavy atom. The van der Waals surface area contributed by atoms with E-state index in [2.05, 4.69) is 82.9 Å². The molecule has 3 rings (SSSR count). The largest absolute Gasteiger partial charge is 0.352 e. The molecular formula is C22H21BrN2S. The lowest BCUT2D eigenvalue weighted by atomic mass is 9.94. The highest BCUT2D eigenvalue weighted by atomic mass is 79.9.